The minimum Gasteiger partial charge on any atom is -0.481 e. The van der Waals surface area contributed by atoms with Crippen molar-refractivity contribution in [2.24, 2.45) is 17.6 Å². The summed E-state index contributed by atoms with van der Waals surface area (Å²) in [6.07, 6.45) is 1.31. The zero-order chi connectivity index (χ0) is 17.1. The molecule has 0 radical (unpaired) electrons. The van der Waals surface area contributed by atoms with E-state index in [9.17, 15) is 24.3 Å². The molecule has 2 unspecified atom stereocenters. The molecule has 1 saturated carbocycles. The molecule has 1 amide bonds. The molecule has 0 aromatic carbocycles. The third-order valence-corrected chi connectivity index (χ3v) is 6.65. The summed E-state index contributed by atoms with van der Waals surface area (Å²) in [6.45, 7) is 3.70. The van der Waals surface area contributed by atoms with Gasteiger partial charge in [-0.25, -0.2) is 0 Å². The van der Waals surface area contributed by atoms with Crippen molar-refractivity contribution in [1.29, 1.82) is 0 Å². The highest BCUT2D eigenvalue weighted by Crippen LogP contribution is 2.55. The molecule has 2 saturated heterocycles. The topological polar surface area (TPSA) is 118 Å². The molecule has 3 fully saturated rings. The highest BCUT2D eigenvalue weighted by molar-refractivity contribution is 8.01. The summed E-state index contributed by atoms with van der Waals surface area (Å²) < 4.78 is -0.579. The highest BCUT2D eigenvalue weighted by atomic mass is 32.2. The van der Waals surface area contributed by atoms with Crippen LogP contribution in [0.5, 0.6) is 0 Å². The summed E-state index contributed by atoms with van der Waals surface area (Å²) in [5.41, 5.74) is 5.89. The number of nitrogens with two attached hydrogens (primary N) is 1. The number of carbonyl (C=O) groups is 4. The summed E-state index contributed by atoms with van der Waals surface area (Å²) in [5, 5.41) is 8.68. The molecule has 0 bridgehead atoms. The standard InChI is InChI=1S/C15H20N2O5S/c1-15(2)11(8-7(18)5-3-4-6(16)10(8)19)17-12(20)9(14(21)22)13(17)23-15/h6,8-9,11,13H,3-5,16H2,1-2H3,(H,21,22)/t6?,8?,9-,11+,13-/m1/s1. The van der Waals surface area contributed by atoms with Gasteiger partial charge in [0, 0.05) is 11.2 Å². The Kier molecular flexibility index (Phi) is 3.79. The quantitative estimate of drug-likeness (QED) is 0.413. The Balaban J connectivity index is 1.97. The van der Waals surface area contributed by atoms with Crippen molar-refractivity contribution in [3.63, 3.8) is 0 Å². The van der Waals surface area contributed by atoms with Crippen molar-refractivity contribution in [1.82, 2.24) is 4.90 Å². The maximum atomic E-state index is 12.6. The fourth-order valence-electron chi connectivity index (χ4n) is 3.93. The number of fused-ring (bicyclic) bond motifs is 1. The van der Waals surface area contributed by atoms with E-state index in [1.54, 1.807) is 0 Å². The lowest BCUT2D eigenvalue weighted by molar-refractivity contribution is -0.168. The van der Waals surface area contributed by atoms with Gasteiger partial charge in [-0.2, -0.15) is 0 Å². The minimum absolute atomic E-state index is 0.186. The van der Waals surface area contributed by atoms with Crippen LogP contribution in [-0.4, -0.2) is 55.7 Å². The minimum atomic E-state index is -1.16. The maximum absolute atomic E-state index is 12.6. The predicted octanol–water partition coefficient (Wildman–Crippen LogP) is 0.0151. The molecule has 0 spiro atoms. The third kappa shape index (κ3) is 2.30. The summed E-state index contributed by atoms with van der Waals surface area (Å²) in [7, 11) is 0. The van der Waals surface area contributed by atoms with Crippen LogP contribution in [0.25, 0.3) is 0 Å². The van der Waals surface area contributed by atoms with E-state index in [0.29, 0.717) is 12.8 Å². The lowest BCUT2D eigenvalue weighted by Gasteiger charge is -2.45. The first-order valence-corrected chi connectivity index (χ1v) is 8.59. The average molecular weight is 340 g/mol. The second-order valence-electron chi connectivity index (χ2n) is 6.96. The third-order valence-electron chi connectivity index (χ3n) is 5.06. The molecule has 126 valence electrons. The summed E-state index contributed by atoms with van der Waals surface area (Å²) >= 11 is 1.35. The van der Waals surface area contributed by atoms with Crippen LogP contribution in [0, 0.1) is 11.8 Å². The number of nitrogens with zero attached hydrogens (tertiary/aromatic N) is 1. The van der Waals surface area contributed by atoms with Crippen molar-refractivity contribution >= 4 is 35.2 Å². The fourth-order valence-corrected chi connectivity index (χ4v) is 5.66. The largest absolute Gasteiger partial charge is 0.481 e. The Morgan fingerprint density at radius 2 is 2.00 bits per heavy atom. The molecule has 3 aliphatic rings. The SMILES string of the molecule is CC1(C)S[C@@H]2[C@H](C(=O)O)C(=O)N2[C@H]1C1C(=O)CCCC(N)C1=O. The summed E-state index contributed by atoms with van der Waals surface area (Å²) in [6, 6.07) is -1.32. The number of carbonyl (C=O) groups excluding carboxylic acids is 3. The summed E-state index contributed by atoms with van der Waals surface area (Å²) in [4.78, 5) is 50.1. The van der Waals surface area contributed by atoms with E-state index in [1.165, 1.54) is 16.7 Å². The second-order valence-corrected chi connectivity index (χ2v) is 8.73. The number of amides is 1. The van der Waals surface area contributed by atoms with Gasteiger partial charge in [0.25, 0.3) is 0 Å². The smallest absolute Gasteiger partial charge is 0.319 e. The van der Waals surface area contributed by atoms with Crippen molar-refractivity contribution in [3.05, 3.63) is 0 Å². The van der Waals surface area contributed by atoms with E-state index in [0.717, 1.165) is 0 Å². The number of aliphatic carboxylic acids is 1. The van der Waals surface area contributed by atoms with Crippen LogP contribution >= 0.6 is 11.8 Å². The molecule has 8 heteroatoms. The Labute approximate surface area is 137 Å². The second kappa shape index (κ2) is 5.31. The first-order chi connectivity index (χ1) is 10.7. The van der Waals surface area contributed by atoms with E-state index in [4.69, 9.17) is 5.73 Å². The van der Waals surface area contributed by atoms with Gasteiger partial charge in [0.15, 0.2) is 11.7 Å². The Morgan fingerprint density at radius 3 is 2.61 bits per heavy atom. The number of carboxylic acids is 1. The van der Waals surface area contributed by atoms with E-state index in [1.807, 2.05) is 13.8 Å². The predicted molar refractivity (Wildman–Crippen MR) is 82.5 cm³/mol. The van der Waals surface area contributed by atoms with Crippen LogP contribution in [-0.2, 0) is 19.2 Å². The molecule has 7 nitrogen and oxygen atoms in total. The summed E-state index contributed by atoms with van der Waals surface area (Å²) in [5.74, 6) is -4.21. The van der Waals surface area contributed by atoms with Gasteiger partial charge in [-0.15, -0.1) is 11.8 Å². The van der Waals surface area contributed by atoms with Gasteiger partial charge in [0.2, 0.25) is 5.91 Å². The monoisotopic (exact) mass is 340 g/mol. The van der Waals surface area contributed by atoms with Gasteiger partial charge >= 0.3 is 5.97 Å². The molecule has 0 aromatic heterocycles. The number of Topliss-reactive ketones (excluding diaryl/α,β-unsaturated/α-hetero) is 2. The van der Waals surface area contributed by atoms with Gasteiger partial charge in [-0.1, -0.05) is 0 Å². The molecular formula is C15H20N2O5S. The molecular weight excluding hydrogens is 320 g/mol. The zero-order valence-corrected chi connectivity index (χ0v) is 13.8. The number of ketones is 2. The number of rotatable bonds is 2. The van der Waals surface area contributed by atoms with Gasteiger partial charge in [0.1, 0.15) is 11.2 Å². The molecule has 2 aliphatic heterocycles. The van der Waals surface area contributed by atoms with Gasteiger partial charge < -0.3 is 15.7 Å². The van der Waals surface area contributed by atoms with Gasteiger partial charge in [-0.05, 0) is 26.7 Å². The molecule has 3 rings (SSSR count). The number of hydrogen-bond donors (Lipinski definition) is 2. The Morgan fingerprint density at radius 1 is 1.35 bits per heavy atom. The molecule has 0 aromatic rings. The lowest BCUT2D eigenvalue weighted by atomic mass is 9.78. The normalized spacial score (nSPS) is 39.7. The van der Waals surface area contributed by atoms with Crippen LogP contribution in [0.2, 0.25) is 0 Å². The van der Waals surface area contributed by atoms with E-state index in [-0.39, 0.29) is 18.0 Å². The zero-order valence-electron chi connectivity index (χ0n) is 13.0. The number of hydrogen-bond acceptors (Lipinski definition) is 6. The first kappa shape index (κ1) is 16.4. The molecule has 3 N–H and O–H groups in total. The van der Waals surface area contributed by atoms with Crippen LogP contribution < -0.4 is 5.73 Å². The van der Waals surface area contributed by atoms with E-state index < -0.39 is 45.9 Å². The molecule has 23 heavy (non-hydrogen) atoms. The van der Waals surface area contributed by atoms with Crippen molar-refractivity contribution < 1.29 is 24.3 Å². The average Bonchev–Trinajstić information content (AvgIpc) is 2.58. The number of β-lactam (4-membered cyclic amide) rings is 1. The van der Waals surface area contributed by atoms with Crippen molar-refractivity contribution in [2.45, 2.75) is 55.3 Å². The Bertz CT molecular complexity index is 605. The molecule has 2 heterocycles. The highest BCUT2D eigenvalue weighted by Gasteiger charge is 2.66. The number of thioether (sulfide) groups is 1. The lowest BCUT2D eigenvalue weighted by Crippen LogP contribution is -2.66. The van der Waals surface area contributed by atoms with Crippen molar-refractivity contribution in [3.8, 4) is 0 Å². The van der Waals surface area contributed by atoms with Gasteiger partial charge in [-0.3, -0.25) is 19.2 Å². The van der Waals surface area contributed by atoms with Crippen LogP contribution in [0.4, 0.5) is 0 Å². The van der Waals surface area contributed by atoms with Crippen molar-refractivity contribution in [2.75, 3.05) is 0 Å². The van der Waals surface area contributed by atoms with Crippen LogP contribution in [0.1, 0.15) is 33.1 Å². The molecule has 1 aliphatic carbocycles. The number of carboxylic acid groups (broad SMARTS) is 1. The fraction of sp³-hybridized carbons (Fsp3) is 0.733. The molecule has 5 atom stereocenters. The van der Waals surface area contributed by atoms with Gasteiger partial charge in [0.05, 0.1) is 18.0 Å². The maximum Gasteiger partial charge on any atom is 0.319 e. The van der Waals surface area contributed by atoms with Crippen LogP contribution in [0.15, 0.2) is 0 Å². The Hall–Kier alpha value is -1.41. The van der Waals surface area contributed by atoms with Crippen LogP contribution in [0.3, 0.4) is 0 Å². The first-order valence-electron chi connectivity index (χ1n) is 7.71. The van der Waals surface area contributed by atoms with E-state index in [2.05, 4.69) is 0 Å². The van der Waals surface area contributed by atoms with E-state index >= 15 is 0 Å².